The van der Waals surface area contributed by atoms with Crippen LogP contribution in [-0.4, -0.2) is 11.8 Å². The van der Waals surface area contributed by atoms with Crippen LogP contribution in [0.3, 0.4) is 0 Å². The Labute approximate surface area is 99.4 Å². The highest BCUT2D eigenvalue weighted by Crippen LogP contribution is 2.16. The molecule has 0 aromatic carbocycles. The van der Waals surface area contributed by atoms with Crippen molar-refractivity contribution in [3.63, 3.8) is 0 Å². The number of hydrogen-bond donors (Lipinski definition) is 0. The molecular weight excluding hydrogens is 198 g/mol. The van der Waals surface area contributed by atoms with Crippen LogP contribution in [-0.2, 0) is 0 Å². The molecule has 0 saturated heterocycles. The molecule has 0 fully saturated rings. The summed E-state index contributed by atoms with van der Waals surface area (Å²) in [4.78, 5) is 0. The molecule has 0 amide bonds. The van der Waals surface area contributed by atoms with Gasteiger partial charge < -0.3 is 0 Å². The Kier molecular flexibility index (Phi) is 7.02. The van der Waals surface area contributed by atoms with Crippen LogP contribution in [0.1, 0.15) is 71.6 Å². The lowest BCUT2D eigenvalue weighted by Crippen LogP contribution is -2.05. The van der Waals surface area contributed by atoms with E-state index in [0.717, 1.165) is 25.7 Å². The Morgan fingerprint density at radius 1 is 1.12 bits per heavy atom. The fourth-order valence-corrected chi connectivity index (χ4v) is 2.15. The Hall–Kier alpha value is -0.730. The quantitative estimate of drug-likeness (QED) is 0.661. The van der Waals surface area contributed by atoms with E-state index in [2.05, 4.69) is 29.3 Å². The van der Waals surface area contributed by atoms with Gasteiger partial charge in [-0.15, -0.1) is 5.10 Å². The topological polar surface area (TPSA) is 37.1 Å². The number of nitrogens with zero attached hydrogens (tertiary/aromatic N) is 3. The molecule has 0 aliphatic carbocycles. The molecule has 0 aromatic rings. The van der Waals surface area contributed by atoms with Gasteiger partial charge in [0.25, 0.3) is 0 Å². The molecule has 1 heterocycles. The van der Waals surface area contributed by atoms with Crippen LogP contribution in [0.4, 0.5) is 0 Å². The third kappa shape index (κ3) is 5.38. The van der Waals surface area contributed by atoms with E-state index >= 15 is 0 Å². The average molecular weight is 223 g/mol. The summed E-state index contributed by atoms with van der Waals surface area (Å²) in [6.07, 6.45) is 10.8. The zero-order valence-electron chi connectivity index (χ0n) is 10.8. The summed E-state index contributed by atoms with van der Waals surface area (Å²) in [7, 11) is 0. The first-order valence-corrected chi connectivity index (χ1v) is 6.82. The van der Waals surface area contributed by atoms with Gasteiger partial charge in [0, 0.05) is 5.71 Å². The van der Waals surface area contributed by atoms with Crippen molar-refractivity contribution >= 4 is 5.71 Å². The van der Waals surface area contributed by atoms with Gasteiger partial charge in [-0.25, -0.2) is 0 Å². The zero-order chi connectivity index (χ0) is 11.6. The molecule has 92 valence electrons. The van der Waals surface area contributed by atoms with Crippen LogP contribution < -0.4 is 0 Å². The molecule has 3 nitrogen and oxygen atoms in total. The monoisotopic (exact) mass is 223 g/mol. The van der Waals surface area contributed by atoms with Gasteiger partial charge in [0.1, 0.15) is 0 Å². The van der Waals surface area contributed by atoms with Crippen LogP contribution in [0.25, 0.3) is 0 Å². The molecule has 1 aliphatic rings. The van der Waals surface area contributed by atoms with Crippen molar-refractivity contribution < 1.29 is 0 Å². The number of rotatable bonds is 4. The third-order valence-corrected chi connectivity index (χ3v) is 3.06. The van der Waals surface area contributed by atoms with E-state index in [4.69, 9.17) is 0 Å². The lowest BCUT2D eigenvalue weighted by Gasteiger charge is -2.11. The second-order valence-electron chi connectivity index (χ2n) is 4.66. The molecule has 0 saturated carbocycles. The van der Waals surface area contributed by atoms with Crippen molar-refractivity contribution in [2.24, 2.45) is 15.4 Å². The van der Waals surface area contributed by atoms with Gasteiger partial charge in [-0.3, -0.25) is 0 Å². The molecule has 3 heteroatoms. The molecule has 1 aliphatic heterocycles. The summed E-state index contributed by atoms with van der Waals surface area (Å²) in [5.41, 5.74) is 1.24. The Morgan fingerprint density at radius 2 is 2.00 bits per heavy atom. The van der Waals surface area contributed by atoms with E-state index < -0.39 is 0 Å². The summed E-state index contributed by atoms with van der Waals surface area (Å²) in [6.45, 7) is 4.40. The second kappa shape index (κ2) is 8.43. The minimum atomic E-state index is 0.412. The molecule has 1 rings (SSSR count). The van der Waals surface area contributed by atoms with Crippen molar-refractivity contribution in [3.8, 4) is 0 Å². The minimum absolute atomic E-state index is 0.412. The van der Waals surface area contributed by atoms with Gasteiger partial charge in [0.15, 0.2) is 0 Å². The highest BCUT2D eigenvalue weighted by atomic mass is 15.4. The highest BCUT2D eigenvalue weighted by molar-refractivity contribution is 5.84. The maximum absolute atomic E-state index is 4.34. The summed E-state index contributed by atoms with van der Waals surface area (Å²) < 4.78 is 0. The van der Waals surface area contributed by atoms with Crippen LogP contribution in [0, 0.1) is 0 Å². The molecule has 0 radical (unpaired) electrons. The summed E-state index contributed by atoms with van der Waals surface area (Å²) in [5, 5.41) is 12.7. The van der Waals surface area contributed by atoms with Crippen molar-refractivity contribution in [3.05, 3.63) is 0 Å². The maximum Gasteiger partial charge on any atom is 0.0730 e. The van der Waals surface area contributed by atoms with E-state index in [1.54, 1.807) is 0 Å². The van der Waals surface area contributed by atoms with Gasteiger partial charge >= 0.3 is 0 Å². The van der Waals surface area contributed by atoms with Gasteiger partial charge in [-0.05, 0) is 37.3 Å². The molecule has 16 heavy (non-hydrogen) atoms. The van der Waals surface area contributed by atoms with E-state index in [0.29, 0.717) is 6.04 Å². The summed E-state index contributed by atoms with van der Waals surface area (Å²) >= 11 is 0. The average Bonchev–Trinajstić information content (AvgIpc) is 2.29. The standard InChI is InChI=1S/C13H25N3/c1-3-8-12-10-6-5-7-11-13(9-4-2)15-16-14-12/h12H,3-11H2,1-2H3. The molecule has 0 bridgehead atoms. The molecule has 1 unspecified atom stereocenters. The predicted octanol–water partition coefficient (Wildman–Crippen LogP) is 4.73. The van der Waals surface area contributed by atoms with Crippen molar-refractivity contribution in [2.75, 3.05) is 0 Å². The van der Waals surface area contributed by atoms with Crippen LogP contribution in [0.15, 0.2) is 15.4 Å². The normalized spacial score (nSPS) is 22.9. The van der Waals surface area contributed by atoms with E-state index in [1.165, 1.54) is 37.8 Å². The fraction of sp³-hybridized carbons (Fsp3) is 0.923. The van der Waals surface area contributed by atoms with Crippen molar-refractivity contribution in [2.45, 2.75) is 77.7 Å². The molecule has 0 N–H and O–H groups in total. The SMILES string of the molecule is CCCC1=NN=NC(CCC)CCCCC1. The van der Waals surface area contributed by atoms with Crippen molar-refractivity contribution in [1.29, 1.82) is 0 Å². The van der Waals surface area contributed by atoms with Gasteiger partial charge in [-0.2, -0.15) is 5.11 Å². The molecular formula is C13H25N3. The Morgan fingerprint density at radius 3 is 2.75 bits per heavy atom. The summed E-state index contributed by atoms with van der Waals surface area (Å²) in [6, 6.07) is 0.412. The number of hydrogen-bond acceptors (Lipinski definition) is 3. The Bertz CT molecular complexity index is 233. The van der Waals surface area contributed by atoms with E-state index in [1.807, 2.05) is 0 Å². The first-order valence-electron chi connectivity index (χ1n) is 6.82. The molecule has 1 atom stereocenters. The second-order valence-corrected chi connectivity index (χ2v) is 4.66. The lowest BCUT2D eigenvalue weighted by atomic mass is 10.0. The lowest BCUT2D eigenvalue weighted by molar-refractivity contribution is 0.498. The van der Waals surface area contributed by atoms with Crippen LogP contribution in [0.2, 0.25) is 0 Å². The van der Waals surface area contributed by atoms with Crippen LogP contribution in [0.5, 0.6) is 0 Å². The van der Waals surface area contributed by atoms with Crippen molar-refractivity contribution in [1.82, 2.24) is 0 Å². The van der Waals surface area contributed by atoms with Gasteiger partial charge in [-0.1, -0.05) is 39.5 Å². The van der Waals surface area contributed by atoms with E-state index in [-0.39, 0.29) is 0 Å². The summed E-state index contributed by atoms with van der Waals surface area (Å²) in [5.74, 6) is 0. The van der Waals surface area contributed by atoms with E-state index in [9.17, 15) is 0 Å². The molecule has 0 spiro atoms. The first-order chi connectivity index (χ1) is 7.86. The first kappa shape index (κ1) is 13.3. The highest BCUT2D eigenvalue weighted by Gasteiger charge is 2.07. The zero-order valence-corrected chi connectivity index (χ0v) is 10.8. The predicted molar refractivity (Wildman–Crippen MR) is 69.0 cm³/mol. The van der Waals surface area contributed by atoms with Gasteiger partial charge in [0.2, 0.25) is 0 Å². The maximum atomic E-state index is 4.34. The van der Waals surface area contributed by atoms with Crippen LogP contribution >= 0.6 is 0 Å². The molecule has 0 aromatic heterocycles. The fourth-order valence-electron chi connectivity index (χ4n) is 2.15. The Balaban J connectivity index is 2.56. The third-order valence-electron chi connectivity index (χ3n) is 3.06. The minimum Gasteiger partial charge on any atom is -0.166 e. The van der Waals surface area contributed by atoms with Gasteiger partial charge in [0.05, 0.1) is 6.04 Å². The largest absolute Gasteiger partial charge is 0.166 e. The smallest absolute Gasteiger partial charge is 0.0730 e.